The van der Waals surface area contributed by atoms with Gasteiger partial charge in [0, 0.05) is 30.0 Å². The number of aliphatic hydroxyl groups is 1. The summed E-state index contributed by atoms with van der Waals surface area (Å²) in [6.45, 7) is 5.83. The second-order valence-corrected chi connectivity index (χ2v) is 9.42. The summed E-state index contributed by atoms with van der Waals surface area (Å²) >= 11 is 0. The lowest BCUT2D eigenvalue weighted by molar-refractivity contribution is -0.132. The van der Waals surface area contributed by atoms with E-state index >= 15 is 0 Å². The van der Waals surface area contributed by atoms with Gasteiger partial charge in [-0.05, 0) is 85.8 Å². The van der Waals surface area contributed by atoms with E-state index in [9.17, 15) is 14.7 Å². The molecular weight excluding hydrogens is 452 g/mol. The van der Waals surface area contributed by atoms with Gasteiger partial charge >= 0.3 is 0 Å². The van der Waals surface area contributed by atoms with Crippen molar-refractivity contribution in [1.82, 2.24) is 0 Å². The van der Waals surface area contributed by atoms with Crippen molar-refractivity contribution in [3.05, 3.63) is 94.6 Å². The number of methoxy groups -OCH3 is 1. The van der Waals surface area contributed by atoms with Crippen LogP contribution in [0.25, 0.3) is 5.76 Å². The maximum absolute atomic E-state index is 13.5. The Hall–Kier alpha value is -4.06. The zero-order valence-electron chi connectivity index (χ0n) is 20.8. The van der Waals surface area contributed by atoms with Crippen LogP contribution >= 0.6 is 0 Å². The van der Waals surface area contributed by atoms with E-state index in [-0.39, 0.29) is 11.3 Å². The average Bonchev–Trinajstić information content (AvgIpc) is 3.51. The summed E-state index contributed by atoms with van der Waals surface area (Å²) in [5.41, 5.74) is 4.79. The van der Waals surface area contributed by atoms with Gasteiger partial charge in [-0.15, -0.1) is 0 Å². The van der Waals surface area contributed by atoms with E-state index in [1.54, 1.807) is 25.3 Å². The van der Waals surface area contributed by atoms with Gasteiger partial charge in [-0.1, -0.05) is 24.3 Å². The van der Waals surface area contributed by atoms with E-state index in [1.165, 1.54) is 17.7 Å². The number of aliphatic hydroxyl groups excluding tert-OH is 1. The molecule has 0 spiro atoms. The molecule has 2 fully saturated rings. The van der Waals surface area contributed by atoms with Crippen molar-refractivity contribution >= 4 is 28.8 Å². The van der Waals surface area contributed by atoms with Gasteiger partial charge in [0.25, 0.3) is 11.7 Å². The molecule has 184 valence electrons. The molecule has 5 rings (SSSR count). The van der Waals surface area contributed by atoms with Crippen LogP contribution in [-0.2, 0) is 9.59 Å². The van der Waals surface area contributed by atoms with Crippen LogP contribution in [0.2, 0.25) is 0 Å². The standard InChI is InChI=1S/C30H30N2O4/c1-19-8-4-5-9-24(19)27-26(28(33)25-15-14-23(36-3)18-20(25)2)29(34)30(35)32(27)22-12-10-21(11-13-22)31-16-6-7-17-31/h4-5,8-15,18,27,33H,6-7,16-17H2,1-3H3/b28-26+. The smallest absolute Gasteiger partial charge is 0.300 e. The van der Waals surface area contributed by atoms with E-state index in [0.29, 0.717) is 17.0 Å². The number of aryl methyl sites for hydroxylation is 2. The van der Waals surface area contributed by atoms with Gasteiger partial charge in [0.1, 0.15) is 11.5 Å². The van der Waals surface area contributed by atoms with Crippen LogP contribution in [0.5, 0.6) is 5.75 Å². The van der Waals surface area contributed by atoms with Crippen molar-refractivity contribution in [3.8, 4) is 5.75 Å². The summed E-state index contributed by atoms with van der Waals surface area (Å²) in [6.07, 6.45) is 2.35. The van der Waals surface area contributed by atoms with Crippen LogP contribution in [0.3, 0.4) is 0 Å². The molecule has 1 amide bonds. The maximum atomic E-state index is 13.5. The second-order valence-electron chi connectivity index (χ2n) is 9.42. The lowest BCUT2D eigenvalue weighted by Crippen LogP contribution is -2.29. The molecule has 0 aliphatic carbocycles. The molecule has 2 aliphatic rings. The molecule has 3 aromatic rings. The number of carbonyl (C=O) groups is 2. The molecule has 2 heterocycles. The Morgan fingerprint density at radius 3 is 2.19 bits per heavy atom. The van der Waals surface area contributed by atoms with Crippen LogP contribution in [0.15, 0.2) is 72.3 Å². The number of carbonyl (C=O) groups excluding carboxylic acids is 2. The second kappa shape index (κ2) is 9.53. The first-order chi connectivity index (χ1) is 17.4. The molecule has 6 heteroatoms. The molecule has 2 saturated heterocycles. The van der Waals surface area contributed by atoms with E-state index < -0.39 is 17.7 Å². The number of nitrogens with zero attached hydrogens (tertiary/aromatic N) is 2. The summed E-state index contributed by atoms with van der Waals surface area (Å²) in [5.74, 6) is -0.875. The van der Waals surface area contributed by atoms with Crippen molar-refractivity contribution < 1.29 is 19.4 Å². The first-order valence-corrected chi connectivity index (χ1v) is 12.3. The average molecular weight is 483 g/mol. The van der Waals surface area contributed by atoms with Gasteiger partial charge < -0.3 is 14.7 Å². The fourth-order valence-electron chi connectivity index (χ4n) is 5.26. The van der Waals surface area contributed by atoms with Crippen LogP contribution < -0.4 is 14.5 Å². The molecule has 0 saturated carbocycles. The minimum Gasteiger partial charge on any atom is -0.507 e. The molecule has 2 aliphatic heterocycles. The number of anilines is 2. The van der Waals surface area contributed by atoms with Gasteiger partial charge in [-0.25, -0.2) is 0 Å². The van der Waals surface area contributed by atoms with E-state index in [2.05, 4.69) is 4.90 Å². The van der Waals surface area contributed by atoms with E-state index in [4.69, 9.17) is 4.74 Å². The highest BCUT2D eigenvalue weighted by Crippen LogP contribution is 2.44. The highest BCUT2D eigenvalue weighted by atomic mass is 16.5. The first-order valence-electron chi connectivity index (χ1n) is 12.3. The Labute approximate surface area is 211 Å². The van der Waals surface area contributed by atoms with Crippen molar-refractivity contribution in [2.24, 2.45) is 0 Å². The fourth-order valence-corrected chi connectivity index (χ4v) is 5.26. The molecule has 36 heavy (non-hydrogen) atoms. The summed E-state index contributed by atoms with van der Waals surface area (Å²) in [6, 6.07) is 20.0. The van der Waals surface area contributed by atoms with Crippen molar-refractivity contribution in [3.63, 3.8) is 0 Å². The van der Waals surface area contributed by atoms with Gasteiger partial charge in [0.15, 0.2) is 0 Å². The predicted octanol–water partition coefficient (Wildman–Crippen LogP) is 5.54. The molecule has 0 bridgehead atoms. The van der Waals surface area contributed by atoms with E-state index in [0.717, 1.165) is 35.5 Å². The van der Waals surface area contributed by atoms with Gasteiger partial charge in [0.05, 0.1) is 18.7 Å². The lowest BCUT2D eigenvalue weighted by Gasteiger charge is -2.27. The normalized spacial score (nSPS) is 19.2. The molecule has 1 N–H and O–H groups in total. The van der Waals surface area contributed by atoms with Crippen LogP contribution in [0.1, 0.15) is 41.1 Å². The van der Waals surface area contributed by atoms with Gasteiger partial charge in [-0.3, -0.25) is 14.5 Å². The number of amides is 1. The zero-order chi connectivity index (χ0) is 25.4. The number of ether oxygens (including phenoxy) is 1. The third-order valence-electron chi connectivity index (χ3n) is 7.22. The summed E-state index contributed by atoms with van der Waals surface area (Å²) in [7, 11) is 1.58. The highest BCUT2D eigenvalue weighted by Gasteiger charge is 2.47. The molecule has 1 unspecified atom stereocenters. The lowest BCUT2D eigenvalue weighted by atomic mass is 9.91. The first kappa shape index (κ1) is 23.7. The monoisotopic (exact) mass is 482 g/mol. The summed E-state index contributed by atoms with van der Waals surface area (Å²) in [4.78, 5) is 30.8. The molecule has 0 aromatic heterocycles. The molecule has 1 atom stereocenters. The zero-order valence-corrected chi connectivity index (χ0v) is 20.8. The third-order valence-corrected chi connectivity index (χ3v) is 7.22. The Morgan fingerprint density at radius 2 is 1.56 bits per heavy atom. The number of Topliss-reactive ketones (excluding diaryl/α,β-unsaturated/α-hetero) is 1. The fraction of sp³-hybridized carbons (Fsp3) is 0.267. The van der Waals surface area contributed by atoms with E-state index in [1.807, 2.05) is 62.4 Å². The molecular formula is C30H30N2O4. The SMILES string of the molecule is COc1ccc(/C(O)=C2\C(=O)C(=O)N(c3ccc(N4CCCC4)cc3)C2c2ccccc2C)c(C)c1. The highest BCUT2D eigenvalue weighted by molar-refractivity contribution is 6.51. The number of benzene rings is 3. The minimum atomic E-state index is -0.745. The Balaban J connectivity index is 1.65. The number of ketones is 1. The topological polar surface area (TPSA) is 70.1 Å². The van der Waals surface area contributed by atoms with Crippen molar-refractivity contribution in [2.75, 3.05) is 30.0 Å². The number of hydrogen-bond acceptors (Lipinski definition) is 5. The van der Waals surface area contributed by atoms with Crippen molar-refractivity contribution in [2.45, 2.75) is 32.7 Å². The Bertz CT molecular complexity index is 1350. The molecule has 6 nitrogen and oxygen atoms in total. The Morgan fingerprint density at radius 1 is 0.889 bits per heavy atom. The molecule has 0 radical (unpaired) electrons. The van der Waals surface area contributed by atoms with Gasteiger partial charge in [0.2, 0.25) is 0 Å². The predicted molar refractivity (Wildman–Crippen MR) is 142 cm³/mol. The quantitative estimate of drug-likeness (QED) is 0.294. The van der Waals surface area contributed by atoms with Crippen LogP contribution in [0, 0.1) is 13.8 Å². The summed E-state index contributed by atoms with van der Waals surface area (Å²) < 4.78 is 5.29. The summed E-state index contributed by atoms with van der Waals surface area (Å²) in [5, 5.41) is 11.5. The number of hydrogen-bond donors (Lipinski definition) is 1. The maximum Gasteiger partial charge on any atom is 0.300 e. The van der Waals surface area contributed by atoms with Crippen LogP contribution in [-0.4, -0.2) is 37.0 Å². The van der Waals surface area contributed by atoms with Crippen LogP contribution in [0.4, 0.5) is 11.4 Å². The molecule has 3 aromatic carbocycles. The number of rotatable bonds is 5. The largest absolute Gasteiger partial charge is 0.507 e. The van der Waals surface area contributed by atoms with Crippen molar-refractivity contribution in [1.29, 1.82) is 0 Å². The van der Waals surface area contributed by atoms with Gasteiger partial charge in [-0.2, -0.15) is 0 Å². The third kappa shape index (κ3) is 4.02. The minimum absolute atomic E-state index is 0.0891. The Kier molecular flexibility index (Phi) is 6.27.